The molecule has 3 N–H and O–H groups in total. The lowest BCUT2D eigenvalue weighted by molar-refractivity contribution is -0.136. The van der Waals surface area contributed by atoms with Gasteiger partial charge in [-0.25, -0.2) is 4.79 Å². The Labute approximate surface area is 197 Å². The number of hydrogen-bond acceptors (Lipinski definition) is 4. The van der Waals surface area contributed by atoms with Crippen molar-refractivity contribution in [1.82, 2.24) is 5.32 Å². The van der Waals surface area contributed by atoms with E-state index in [9.17, 15) is 14.4 Å². The van der Waals surface area contributed by atoms with E-state index in [-0.39, 0.29) is 18.9 Å². The van der Waals surface area contributed by atoms with E-state index in [1.54, 1.807) is 31.2 Å². The van der Waals surface area contributed by atoms with E-state index >= 15 is 0 Å². The monoisotopic (exact) mass is 458 g/mol. The summed E-state index contributed by atoms with van der Waals surface area (Å²) >= 11 is 0. The number of nitrogens with one attached hydrogen (secondary N) is 2. The predicted octanol–water partition coefficient (Wildman–Crippen LogP) is 4.57. The third kappa shape index (κ3) is 5.09. The summed E-state index contributed by atoms with van der Waals surface area (Å²) in [7, 11) is 0. The van der Waals surface area contributed by atoms with Gasteiger partial charge in [0.05, 0.1) is 6.42 Å². The van der Waals surface area contributed by atoms with E-state index in [4.69, 9.17) is 9.84 Å². The molecule has 0 fully saturated rings. The normalized spacial score (nSPS) is 12.9. The van der Waals surface area contributed by atoms with Gasteiger partial charge in [-0.3, -0.25) is 9.59 Å². The molecule has 7 heteroatoms. The Balaban J connectivity index is 1.37. The Morgan fingerprint density at radius 2 is 1.59 bits per heavy atom. The van der Waals surface area contributed by atoms with Gasteiger partial charge in [-0.05, 0) is 46.4 Å². The molecular formula is C27H26N2O5. The van der Waals surface area contributed by atoms with E-state index in [1.807, 2.05) is 36.4 Å². The first kappa shape index (κ1) is 23.0. The fourth-order valence-corrected chi connectivity index (χ4v) is 4.30. The van der Waals surface area contributed by atoms with E-state index in [1.165, 1.54) is 0 Å². The fourth-order valence-electron chi connectivity index (χ4n) is 4.30. The number of alkyl carbamates (subject to hydrolysis) is 1. The maximum Gasteiger partial charge on any atom is 0.407 e. The van der Waals surface area contributed by atoms with Crippen LogP contribution < -0.4 is 10.6 Å². The van der Waals surface area contributed by atoms with Crippen LogP contribution in [-0.2, 0) is 20.7 Å². The molecule has 0 aromatic heterocycles. The number of carboxylic acids is 1. The summed E-state index contributed by atoms with van der Waals surface area (Å²) in [5, 5.41) is 14.3. The summed E-state index contributed by atoms with van der Waals surface area (Å²) in [6, 6.07) is 22.0. The molecule has 0 saturated carbocycles. The Kier molecular flexibility index (Phi) is 6.92. The molecule has 1 aliphatic carbocycles. The number of hydrogen-bond donors (Lipinski definition) is 3. The van der Waals surface area contributed by atoms with Crippen LogP contribution in [0.25, 0.3) is 11.1 Å². The number of carbonyl (C=O) groups excluding carboxylic acids is 2. The van der Waals surface area contributed by atoms with Crippen molar-refractivity contribution in [3.63, 3.8) is 0 Å². The first-order valence-electron chi connectivity index (χ1n) is 11.2. The van der Waals surface area contributed by atoms with Crippen molar-refractivity contribution in [3.8, 4) is 11.1 Å². The molecule has 0 unspecified atom stereocenters. The van der Waals surface area contributed by atoms with Gasteiger partial charge in [0.25, 0.3) is 0 Å². The second-order valence-electron chi connectivity index (χ2n) is 8.19. The second kappa shape index (κ2) is 10.2. The SMILES string of the molecule is CC[C@@H](NC(=O)OCC1c2ccccc2-c2ccccc21)C(=O)Nc1cccc(CC(=O)O)c1. The zero-order valence-electron chi connectivity index (χ0n) is 18.8. The van der Waals surface area contributed by atoms with Gasteiger partial charge in [0.15, 0.2) is 0 Å². The molecule has 0 spiro atoms. The molecule has 0 saturated heterocycles. The highest BCUT2D eigenvalue weighted by Crippen LogP contribution is 2.44. The Hall–Kier alpha value is -4.13. The highest BCUT2D eigenvalue weighted by atomic mass is 16.5. The molecule has 2 amide bonds. The number of anilines is 1. The number of aliphatic carboxylic acids is 1. The molecule has 174 valence electrons. The van der Waals surface area contributed by atoms with Crippen LogP contribution in [0.15, 0.2) is 72.8 Å². The van der Waals surface area contributed by atoms with E-state index in [0.717, 1.165) is 22.3 Å². The summed E-state index contributed by atoms with van der Waals surface area (Å²) in [5.74, 6) is -1.42. The smallest absolute Gasteiger partial charge is 0.407 e. The minimum atomic E-state index is -0.952. The van der Waals surface area contributed by atoms with Gasteiger partial charge >= 0.3 is 12.1 Å². The summed E-state index contributed by atoms with van der Waals surface area (Å²) in [6.45, 7) is 1.95. The standard InChI is InChI=1S/C27H26N2O5/c1-2-24(26(32)28-18-9-7-8-17(14-18)15-25(30)31)29-27(33)34-16-23-21-12-5-3-10-19(21)20-11-4-6-13-22(20)23/h3-14,23-24H,2,15-16H2,1H3,(H,28,32)(H,29,33)(H,30,31)/t24-/m1/s1. The first-order chi connectivity index (χ1) is 16.5. The second-order valence-corrected chi connectivity index (χ2v) is 8.19. The lowest BCUT2D eigenvalue weighted by Crippen LogP contribution is -2.43. The lowest BCUT2D eigenvalue weighted by atomic mass is 9.98. The maximum atomic E-state index is 12.7. The molecule has 4 rings (SSSR count). The molecule has 0 radical (unpaired) electrons. The topological polar surface area (TPSA) is 105 Å². The van der Waals surface area contributed by atoms with Gasteiger partial charge in [-0.1, -0.05) is 67.6 Å². The number of amides is 2. The van der Waals surface area contributed by atoms with Crippen molar-refractivity contribution in [1.29, 1.82) is 0 Å². The molecular weight excluding hydrogens is 432 g/mol. The van der Waals surface area contributed by atoms with Crippen LogP contribution in [0.5, 0.6) is 0 Å². The highest BCUT2D eigenvalue weighted by molar-refractivity contribution is 5.96. The molecule has 34 heavy (non-hydrogen) atoms. The largest absolute Gasteiger partial charge is 0.481 e. The average Bonchev–Trinajstić information content (AvgIpc) is 3.14. The summed E-state index contributed by atoms with van der Waals surface area (Å²) in [5.41, 5.74) is 5.55. The van der Waals surface area contributed by atoms with Crippen LogP contribution in [0.4, 0.5) is 10.5 Å². The van der Waals surface area contributed by atoms with Crippen LogP contribution in [0, 0.1) is 0 Å². The minimum Gasteiger partial charge on any atom is -0.481 e. The molecule has 1 aliphatic rings. The zero-order chi connectivity index (χ0) is 24.1. The van der Waals surface area contributed by atoms with Crippen molar-refractivity contribution in [3.05, 3.63) is 89.5 Å². The molecule has 0 bridgehead atoms. The van der Waals surface area contributed by atoms with Crippen LogP contribution >= 0.6 is 0 Å². The number of carbonyl (C=O) groups is 3. The molecule has 3 aromatic rings. The number of carboxylic acid groups (broad SMARTS) is 1. The highest BCUT2D eigenvalue weighted by Gasteiger charge is 2.29. The quantitative estimate of drug-likeness (QED) is 0.459. The van der Waals surface area contributed by atoms with Gasteiger partial charge in [0.2, 0.25) is 5.91 Å². The van der Waals surface area contributed by atoms with Crippen LogP contribution in [0.2, 0.25) is 0 Å². The predicted molar refractivity (Wildman–Crippen MR) is 129 cm³/mol. The first-order valence-corrected chi connectivity index (χ1v) is 11.2. The maximum absolute atomic E-state index is 12.7. The van der Waals surface area contributed by atoms with Crippen LogP contribution in [-0.4, -0.2) is 35.7 Å². The third-order valence-corrected chi connectivity index (χ3v) is 5.91. The van der Waals surface area contributed by atoms with Crippen LogP contribution in [0.1, 0.15) is 36.0 Å². The Bertz CT molecular complexity index is 1180. The average molecular weight is 459 g/mol. The molecule has 3 aromatic carbocycles. The minimum absolute atomic E-state index is 0.0657. The van der Waals surface area contributed by atoms with E-state index in [2.05, 4.69) is 22.8 Å². The van der Waals surface area contributed by atoms with Crippen molar-refractivity contribution < 1.29 is 24.2 Å². The number of ether oxygens (including phenoxy) is 1. The van der Waals surface area contributed by atoms with Crippen molar-refractivity contribution in [2.75, 3.05) is 11.9 Å². The molecule has 0 aliphatic heterocycles. The summed E-state index contributed by atoms with van der Waals surface area (Å²) < 4.78 is 5.54. The molecule has 7 nitrogen and oxygen atoms in total. The Morgan fingerprint density at radius 3 is 2.21 bits per heavy atom. The van der Waals surface area contributed by atoms with E-state index in [0.29, 0.717) is 17.7 Å². The van der Waals surface area contributed by atoms with Gasteiger partial charge in [0, 0.05) is 11.6 Å². The van der Waals surface area contributed by atoms with Crippen molar-refractivity contribution >= 4 is 23.7 Å². The van der Waals surface area contributed by atoms with Crippen LogP contribution in [0.3, 0.4) is 0 Å². The Morgan fingerprint density at radius 1 is 0.941 bits per heavy atom. The lowest BCUT2D eigenvalue weighted by Gasteiger charge is -2.19. The fraction of sp³-hybridized carbons (Fsp3) is 0.222. The number of fused-ring (bicyclic) bond motifs is 3. The van der Waals surface area contributed by atoms with Crippen molar-refractivity contribution in [2.24, 2.45) is 0 Å². The van der Waals surface area contributed by atoms with Gasteiger partial charge in [-0.2, -0.15) is 0 Å². The zero-order valence-corrected chi connectivity index (χ0v) is 18.8. The van der Waals surface area contributed by atoms with Gasteiger partial charge in [-0.15, -0.1) is 0 Å². The molecule has 0 heterocycles. The van der Waals surface area contributed by atoms with Gasteiger partial charge in [0.1, 0.15) is 12.6 Å². The summed E-state index contributed by atoms with van der Waals surface area (Å²) in [4.78, 5) is 36.2. The number of rotatable bonds is 8. The number of benzene rings is 3. The summed E-state index contributed by atoms with van der Waals surface area (Å²) in [6.07, 6.45) is -0.437. The van der Waals surface area contributed by atoms with Crippen molar-refractivity contribution in [2.45, 2.75) is 31.7 Å². The molecule has 1 atom stereocenters. The van der Waals surface area contributed by atoms with E-state index < -0.39 is 24.0 Å². The van der Waals surface area contributed by atoms with Gasteiger partial charge < -0.3 is 20.5 Å². The third-order valence-electron chi connectivity index (χ3n) is 5.91.